The van der Waals surface area contributed by atoms with E-state index in [-0.39, 0.29) is 77.9 Å². The van der Waals surface area contributed by atoms with Crippen molar-refractivity contribution in [1.29, 1.82) is 0 Å². The highest BCUT2D eigenvalue weighted by Crippen LogP contribution is 2.50. The van der Waals surface area contributed by atoms with E-state index in [2.05, 4.69) is 31.9 Å². The van der Waals surface area contributed by atoms with Crippen molar-refractivity contribution in [2.24, 2.45) is 0 Å². The number of esters is 3. The molecule has 472 valence electrons. The van der Waals surface area contributed by atoms with Crippen molar-refractivity contribution in [3.05, 3.63) is 218 Å². The van der Waals surface area contributed by atoms with Gasteiger partial charge in [0.15, 0.2) is 0 Å². The molecule has 2 atom stereocenters. The maximum absolute atomic E-state index is 14.8. The second-order valence-electron chi connectivity index (χ2n) is 23.8. The van der Waals surface area contributed by atoms with E-state index in [4.69, 9.17) is 36.9 Å². The summed E-state index contributed by atoms with van der Waals surface area (Å²) in [6.07, 6.45) is 7.12. The van der Waals surface area contributed by atoms with Crippen molar-refractivity contribution < 1.29 is 66.6 Å². The number of fused-ring (bicyclic) bond motifs is 10. The molecule has 0 amide bonds. The van der Waals surface area contributed by atoms with Crippen molar-refractivity contribution in [2.75, 3.05) is 59.8 Å². The molecule has 0 radical (unpaired) electrons. The molecular weight excluding hydrogens is 1180 g/mol. The number of aromatic hydroxyl groups is 3. The molecule has 0 spiro atoms. The summed E-state index contributed by atoms with van der Waals surface area (Å²) in [4.78, 5) is 56.2. The van der Waals surface area contributed by atoms with Crippen molar-refractivity contribution in [1.82, 2.24) is 19.8 Å². The Morgan fingerprint density at radius 1 is 0.548 bits per heavy atom. The standard InChI is InChI=1S/C75H68N4O14/c1-6-88-73(83)57-41(2)92-71-54-37-44(15-17-51(54)66(80)56(60(57)71)40-78-30-23-46-11-7-8-12-49(46)39-78)24-34-90-75(85)59-43(4)93-72-55-38-45(16-18-52(55)68(82)64(62(59)72)69(86-5)48-21-28-77-29-22-48)25-33-89-74(84)58-42(3)91-70-53-14-10-9-13-50(53)67(81)63(61(58)70)65(47-19-26-76-27-20-47)79-31-35-87-36-32-79/h7-22,26-29,37-38,65,69,80-82H,6,23-25,30-36,39-40H2,1-5H3. The molecule has 12 aromatic rings. The Kier molecular flexibility index (Phi) is 16.4. The molecule has 5 aromatic heterocycles. The van der Waals surface area contributed by atoms with Gasteiger partial charge in [0.1, 0.15) is 74.1 Å². The van der Waals surface area contributed by atoms with Gasteiger partial charge in [-0.3, -0.25) is 19.8 Å². The van der Waals surface area contributed by atoms with Crippen LogP contribution < -0.4 is 0 Å². The molecular formula is C75H68N4O14. The van der Waals surface area contributed by atoms with Crippen LogP contribution in [0.15, 0.2) is 147 Å². The van der Waals surface area contributed by atoms with Gasteiger partial charge in [-0.25, -0.2) is 14.4 Å². The summed E-state index contributed by atoms with van der Waals surface area (Å²) in [7, 11) is 1.52. The zero-order valence-corrected chi connectivity index (χ0v) is 52.2. The van der Waals surface area contributed by atoms with Gasteiger partial charge in [0, 0.05) is 143 Å². The smallest absolute Gasteiger partial charge is 0.342 e. The Morgan fingerprint density at radius 2 is 1.04 bits per heavy atom. The Labute approximate surface area is 534 Å². The molecule has 3 N–H and O–H groups in total. The number of phenolic OH excluding ortho intramolecular Hbond substituents is 3. The number of aryl methyl sites for hydroxylation is 3. The van der Waals surface area contributed by atoms with Crippen LogP contribution in [0.2, 0.25) is 0 Å². The first kappa shape index (κ1) is 60.5. The van der Waals surface area contributed by atoms with E-state index in [1.807, 2.05) is 78.9 Å². The first-order valence-electron chi connectivity index (χ1n) is 31.3. The number of hydrogen-bond donors (Lipinski definition) is 3. The zero-order valence-electron chi connectivity index (χ0n) is 52.2. The summed E-state index contributed by atoms with van der Waals surface area (Å²) < 4.78 is 49.4. The molecule has 2 unspecified atom stereocenters. The number of ether oxygens (including phenoxy) is 5. The zero-order chi connectivity index (χ0) is 64.2. The molecule has 0 aliphatic carbocycles. The van der Waals surface area contributed by atoms with Crippen LogP contribution in [0.25, 0.3) is 65.2 Å². The monoisotopic (exact) mass is 1250 g/mol. The van der Waals surface area contributed by atoms with Crippen LogP contribution in [0.5, 0.6) is 17.2 Å². The number of carbonyl (C=O) groups is 3. The Hall–Kier alpha value is -10.1. The summed E-state index contributed by atoms with van der Waals surface area (Å²) in [6.45, 7) is 10.8. The van der Waals surface area contributed by atoms with Crippen molar-refractivity contribution in [3.63, 3.8) is 0 Å². The summed E-state index contributed by atoms with van der Waals surface area (Å²) in [5, 5.41) is 41.7. The van der Waals surface area contributed by atoms with Gasteiger partial charge < -0.3 is 52.3 Å². The van der Waals surface area contributed by atoms with E-state index >= 15 is 0 Å². The minimum absolute atomic E-state index is 0.0332. The lowest BCUT2D eigenvalue weighted by molar-refractivity contribution is 0.0238. The van der Waals surface area contributed by atoms with Crippen LogP contribution in [0.3, 0.4) is 0 Å². The van der Waals surface area contributed by atoms with Gasteiger partial charge in [0.05, 0.1) is 39.1 Å². The number of phenols is 3. The average molecular weight is 1250 g/mol. The molecule has 18 heteroatoms. The largest absolute Gasteiger partial charge is 0.507 e. The van der Waals surface area contributed by atoms with E-state index in [0.717, 1.165) is 29.7 Å². The minimum atomic E-state index is -0.892. The van der Waals surface area contributed by atoms with E-state index in [1.165, 1.54) is 18.2 Å². The van der Waals surface area contributed by atoms with Gasteiger partial charge >= 0.3 is 17.9 Å². The molecule has 18 nitrogen and oxygen atoms in total. The average Bonchev–Trinajstić information content (AvgIpc) is 1.65. The molecule has 14 rings (SSSR count). The van der Waals surface area contributed by atoms with Crippen LogP contribution in [0, 0.1) is 20.8 Å². The second-order valence-corrected chi connectivity index (χ2v) is 23.8. The first-order valence-corrected chi connectivity index (χ1v) is 31.3. The van der Waals surface area contributed by atoms with Crippen molar-refractivity contribution in [3.8, 4) is 17.2 Å². The Bertz CT molecular complexity index is 4910. The lowest BCUT2D eigenvalue weighted by atomic mass is 9.89. The number of pyridine rings is 2. The lowest BCUT2D eigenvalue weighted by Gasteiger charge is -2.36. The number of carbonyl (C=O) groups excluding carboxylic acids is 3. The maximum Gasteiger partial charge on any atom is 0.342 e. The van der Waals surface area contributed by atoms with Crippen molar-refractivity contribution >= 4 is 83.1 Å². The van der Waals surface area contributed by atoms with Crippen LogP contribution in [-0.2, 0) is 56.0 Å². The van der Waals surface area contributed by atoms with Gasteiger partial charge in [-0.1, -0.05) is 72.8 Å². The number of benzene rings is 7. The first-order chi connectivity index (χ1) is 45.3. The van der Waals surface area contributed by atoms with Crippen LogP contribution in [0.4, 0.5) is 0 Å². The number of furan rings is 3. The summed E-state index contributed by atoms with van der Waals surface area (Å²) in [5.74, 6) is -0.985. The summed E-state index contributed by atoms with van der Waals surface area (Å²) in [6, 6.07) is 33.7. The van der Waals surface area contributed by atoms with Gasteiger partial charge in [-0.2, -0.15) is 0 Å². The molecule has 1 fully saturated rings. The molecule has 7 aromatic carbocycles. The summed E-state index contributed by atoms with van der Waals surface area (Å²) in [5.41, 5.74) is 8.71. The van der Waals surface area contributed by atoms with Gasteiger partial charge in [0.25, 0.3) is 0 Å². The SMILES string of the molecule is CCOC(=O)c1c(C)oc2c1c(CN1CCc3ccccc3C1)c(O)c1ccc(CCOC(=O)c3c(C)oc4c3c(C(OC)c3ccncc3)c(O)c3ccc(CCOC(=O)c5c(C)oc6c5c(C(c5ccncc5)N5CCOCC5)c(O)c5ccccc56)cc34)cc12. The maximum atomic E-state index is 14.8. The fraction of sp³-hybridized carbons (Fsp3) is 0.267. The topological polar surface area (TPSA) is 230 Å². The number of aromatic nitrogens is 2. The molecule has 7 heterocycles. The normalized spacial score (nSPS) is 14.5. The highest BCUT2D eigenvalue weighted by Gasteiger charge is 2.37. The molecule has 0 saturated carbocycles. The van der Waals surface area contributed by atoms with Crippen LogP contribution in [0.1, 0.15) is 117 Å². The third kappa shape index (κ3) is 10.8. The van der Waals surface area contributed by atoms with Gasteiger partial charge in [-0.05, 0) is 104 Å². The van der Waals surface area contributed by atoms with Crippen LogP contribution in [-0.4, -0.2) is 113 Å². The highest BCUT2D eigenvalue weighted by atomic mass is 16.5. The molecule has 2 aliphatic rings. The highest BCUT2D eigenvalue weighted by molar-refractivity contribution is 6.19. The molecule has 93 heavy (non-hydrogen) atoms. The predicted molar refractivity (Wildman–Crippen MR) is 350 cm³/mol. The number of hydrogen-bond acceptors (Lipinski definition) is 18. The number of nitrogens with zero attached hydrogens (tertiary/aromatic N) is 4. The predicted octanol–water partition coefficient (Wildman–Crippen LogP) is 13.9. The third-order valence-corrected chi connectivity index (χ3v) is 18.4. The van der Waals surface area contributed by atoms with E-state index in [1.54, 1.807) is 70.7 Å². The number of morpholine rings is 1. The molecule has 0 bridgehead atoms. The Balaban J connectivity index is 0.770. The van der Waals surface area contributed by atoms with E-state index in [0.29, 0.717) is 133 Å². The number of methoxy groups -OCH3 is 1. The van der Waals surface area contributed by atoms with Crippen LogP contribution >= 0.6 is 0 Å². The fourth-order valence-corrected chi connectivity index (χ4v) is 14.1. The molecule has 1 saturated heterocycles. The number of rotatable bonds is 18. The van der Waals surface area contributed by atoms with Gasteiger partial charge in [0.2, 0.25) is 0 Å². The lowest BCUT2D eigenvalue weighted by Crippen LogP contribution is -2.39. The second kappa shape index (κ2) is 25.2. The van der Waals surface area contributed by atoms with E-state index < -0.39 is 30.1 Å². The summed E-state index contributed by atoms with van der Waals surface area (Å²) >= 11 is 0. The fourth-order valence-electron chi connectivity index (χ4n) is 14.1. The van der Waals surface area contributed by atoms with Gasteiger partial charge in [-0.15, -0.1) is 0 Å². The Morgan fingerprint density at radius 3 is 1.65 bits per heavy atom. The molecule has 2 aliphatic heterocycles. The minimum Gasteiger partial charge on any atom is -0.507 e. The van der Waals surface area contributed by atoms with E-state index in [9.17, 15) is 29.7 Å². The van der Waals surface area contributed by atoms with Crippen molar-refractivity contribution in [2.45, 2.75) is 72.2 Å². The quantitative estimate of drug-likeness (QED) is 0.0535. The third-order valence-electron chi connectivity index (χ3n) is 18.4.